The topological polar surface area (TPSA) is 0 Å². The van der Waals surface area contributed by atoms with E-state index in [1.54, 1.807) is 0 Å². The summed E-state index contributed by atoms with van der Waals surface area (Å²) in [6.07, 6.45) is 1.26. The molecule has 0 aliphatic heterocycles. The quantitative estimate of drug-likeness (QED) is 0.731. The first kappa shape index (κ1) is 7.21. The van der Waals surface area contributed by atoms with Crippen LogP contribution in [-0.4, -0.2) is 24.7 Å². The summed E-state index contributed by atoms with van der Waals surface area (Å²) < 4.78 is 1.35. The van der Waals surface area contributed by atoms with Crippen molar-refractivity contribution in [2.24, 2.45) is 0 Å². The molecule has 0 N–H and O–H groups in total. The zero-order valence-corrected chi connectivity index (χ0v) is 8.73. The van der Waals surface area contributed by atoms with Gasteiger partial charge in [0.15, 0.2) is 0 Å². The van der Waals surface area contributed by atoms with E-state index in [0.717, 1.165) is 0 Å². The van der Waals surface area contributed by atoms with Gasteiger partial charge in [-0.25, -0.2) is 0 Å². The molecule has 46 valence electrons. The summed E-state index contributed by atoms with van der Waals surface area (Å²) in [6.45, 7) is 0. The van der Waals surface area contributed by atoms with Crippen molar-refractivity contribution in [1.82, 2.24) is 0 Å². The molecule has 0 aliphatic carbocycles. The molecule has 0 saturated carbocycles. The fourth-order valence-electron chi connectivity index (χ4n) is 0.774. The van der Waals surface area contributed by atoms with E-state index in [-0.39, 0.29) is 0 Å². The minimum absolute atomic E-state index is 1.26. The van der Waals surface area contributed by atoms with Crippen molar-refractivity contribution < 1.29 is 0 Å². The number of hydrogen-bond acceptors (Lipinski definition) is 0. The molecule has 9 heavy (non-hydrogen) atoms. The van der Waals surface area contributed by atoms with Gasteiger partial charge in [0, 0.05) is 0 Å². The molecule has 0 aliphatic rings. The van der Waals surface area contributed by atoms with E-state index in [0.29, 0.717) is 0 Å². The molecule has 2 radical (unpaired) electrons. The van der Waals surface area contributed by atoms with Crippen molar-refractivity contribution in [3.8, 4) is 0 Å². The second kappa shape index (κ2) is 4.01. The van der Waals surface area contributed by atoms with E-state index >= 15 is 0 Å². The van der Waals surface area contributed by atoms with E-state index in [1.165, 1.54) is 40.8 Å². The van der Waals surface area contributed by atoms with Crippen LogP contribution >= 0.6 is 0 Å². The second-order valence-corrected chi connectivity index (χ2v) is 3.70. The molecule has 1 aromatic rings. The van der Waals surface area contributed by atoms with Gasteiger partial charge in [0.2, 0.25) is 0 Å². The number of rotatable bonds is 2. The molecule has 0 atom stereocenters. The van der Waals surface area contributed by atoms with Crippen LogP contribution in [-0.2, 0) is 6.42 Å². The summed E-state index contributed by atoms with van der Waals surface area (Å²) in [6, 6.07) is 10.6. The van der Waals surface area contributed by atoms with E-state index in [4.69, 9.17) is 0 Å². The van der Waals surface area contributed by atoms with Crippen molar-refractivity contribution >= 4 is 24.7 Å². The monoisotopic (exact) mass is 314 g/mol. The SMILES string of the molecule is [Bi][CH2]Cc1ccccc1. The Hall–Kier alpha value is 0.103. The van der Waals surface area contributed by atoms with Gasteiger partial charge in [0.1, 0.15) is 0 Å². The molecule has 0 unspecified atom stereocenters. The average Bonchev–Trinajstić information content (AvgIpc) is 1.91. The van der Waals surface area contributed by atoms with E-state index in [2.05, 4.69) is 30.3 Å². The Kier molecular flexibility index (Phi) is 3.21. The molecule has 0 amide bonds. The summed E-state index contributed by atoms with van der Waals surface area (Å²) in [5.41, 5.74) is 1.47. The normalized spacial score (nSPS) is 9.44. The average molecular weight is 314 g/mol. The van der Waals surface area contributed by atoms with Crippen molar-refractivity contribution in [2.75, 3.05) is 0 Å². The number of aryl methyl sites for hydroxylation is 1. The molecular formula is C8H9Bi. The molecule has 1 heteroatoms. The van der Waals surface area contributed by atoms with Crippen molar-refractivity contribution in [2.45, 2.75) is 10.5 Å². The third-order valence-electron chi connectivity index (χ3n) is 1.24. The van der Waals surface area contributed by atoms with Gasteiger partial charge in [-0.15, -0.1) is 0 Å². The summed E-state index contributed by atoms with van der Waals surface area (Å²) in [4.78, 5) is 0. The van der Waals surface area contributed by atoms with E-state index < -0.39 is 0 Å². The molecule has 0 fully saturated rings. The maximum atomic E-state index is 2.19. The first-order chi connectivity index (χ1) is 4.43. The van der Waals surface area contributed by atoms with Crippen LogP contribution in [0.2, 0.25) is 4.13 Å². The molecule has 0 spiro atoms. The van der Waals surface area contributed by atoms with E-state index in [9.17, 15) is 0 Å². The predicted molar refractivity (Wildman–Crippen MR) is 40.7 cm³/mol. The second-order valence-electron chi connectivity index (χ2n) is 1.96. The first-order valence-corrected chi connectivity index (χ1v) is 5.54. The summed E-state index contributed by atoms with van der Waals surface area (Å²) in [7, 11) is 0. The molecule has 0 nitrogen and oxygen atoms in total. The molecule has 0 aromatic heterocycles. The Morgan fingerprint density at radius 1 is 1.11 bits per heavy atom. The van der Waals surface area contributed by atoms with Gasteiger partial charge in [0.25, 0.3) is 0 Å². The van der Waals surface area contributed by atoms with Crippen molar-refractivity contribution in [1.29, 1.82) is 0 Å². The zero-order valence-electron chi connectivity index (χ0n) is 5.25. The van der Waals surface area contributed by atoms with Gasteiger partial charge < -0.3 is 0 Å². The van der Waals surface area contributed by atoms with Gasteiger partial charge in [-0.1, -0.05) is 0 Å². The van der Waals surface area contributed by atoms with Crippen LogP contribution in [0.3, 0.4) is 0 Å². The maximum absolute atomic E-state index is 2.19. The van der Waals surface area contributed by atoms with Crippen molar-refractivity contribution in [3.63, 3.8) is 0 Å². The van der Waals surface area contributed by atoms with Gasteiger partial charge >= 0.3 is 71.2 Å². The molecule has 0 saturated heterocycles. The van der Waals surface area contributed by atoms with E-state index in [1.807, 2.05) is 0 Å². The molecule has 0 heterocycles. The standard InChI is InChI=1S/C8H9.Bi/c1-2-8-6-4-3-5-7-8;/h3-7H,1-2H2;. The van der Waals surface area contributed by atoms with Gasteiger partial charge in [-0.2, -0.15) is 0 Å². The minimum atomic E-state index is 1.26. The van der Waals surface area contributed by atoms with Gasteiger partial charge in [0.05, 0.1) is 0 Å². The zero-order chi connectivity index (χ0) is 6.53. The Morgan fingerprint density at radius 3 is 2.33 bits per heavy atom. The third-order valence-corrected chi connectivity index (χ3v) is 2.11. The number of hydrogen-bond donors (Lipinski definition) is 0. The fourth-order valence-corrected chi connectivity index (χ4v) is 1.78. The molecule has 0 bridgehead atoms. The van der Waals surface area contributed by atoms with Crippen LogP contribution < -0.4 is 0 Å². The fraction of sp³-hybridized carbons (Fsp3) is 0.250. The Labute approximate surface area is 71.1 Å². The van der Waals surface area contributed by atoms with Crippen LogP contribution in [0, 0.1) is 0 Å². The summed E-state index contributed by atoms with van der Waals surface area (Å²) >= 11 is 1.50. The first-order valence-electron chi connectivity index (χ1n) is 3.08. The Bertz CT molecular complexity index is 157. The Morgan fingerprint density at radius 2 is 1.78 bits per heavy atom. The van der Waals surface area contributed by atoms with Crippen LogP contribution in [0.1, 0.15) is 5.56 Å². The summed E-state index contributed by atoms with van der Waals surface area (Å²) in [5.74, 6) is 0. The summed E-state index contributed by atoms with van der Waals surface area (Å²) in [5, 5.41) is 0. The Balaban J connectivity index is 2.61. The van der Waals surface area contributed by atoms with Gasteiger partial charge in [-0.3, -0.25) is 0 Å². The van der Waals surface area contributed by atoms with Crippen LogP contribution in [0.5, 0.6) is 0 Å². The van der Waals surface area contributed by atoms with Crippen LogP contribution in [0.15, 0.2) is 30.3 Å². The van der Waals surface area contributed by atoms with Crippen LogP contribution in [0.4, 0.5) is 0 Å². The third kappa shape index (κ3) is 2.45. The predicted octanol–water partition coefficient (Wildman–Crippen LogP) is 1.82. The van der Waals surface area contributed by atoms with Crippen LogP contribution in [0.25, 0.3) is 0 Å². The number of benzene rings is 1. The van der Waals surface area contributed by atoms with Gasteiger partial charge in [-0.05, 0) is 0 Å². The van der Waals surface area contributed by atoms with Crippen molar-refractivity contribution in [3.05, 3.63) is 35.9 Å². The molecular weight excluding hydrogens is 305 g/mol. The molecule has 1 aromatic carbocycles. The molecule has 1 rings (SSSR count).